The Bertz CT molecular complexity index is 4220. The van der Waals surface area contributed by atoms with Crippen molar-refractivity contribution >= 4 is 117 Å². The van der Waals surface area contributed by atoms with Crippen molar-refractivity contribution in [3.63, 3.8) is 0 Å². The van der Waals surface area contributed by atoms with E-state index in [4.69, 9.17) is 15.0 Å². The number of benzene rings is 10. The Balaban J connectivity index is 1.12. The summed E-state index contributed by atoms with van der Waals surface area (Å²) in [4.78, 5) is 16.1. The standard InChI is InChI=1S/C57H32N4S2/c1-2-15-35(16-3-1)55-58-56(43-22-12-24-49-50(43)41-21-10-11-23-48(41)62-49)60-57(59-55)44-29-30-46(51-42-28-26-34-14-7-9-20-39(34)53(42)63-54(44)51)61-47-32-37-18-5-4-17-36(37)31-45(47)40-27-25-33-13-6-8-19-38(33)52(40)61/h1-32H. The molecule has 14 aromatic rings. The van der Waals surface area contributed by atoms with E-state index in [1.54, 1.807) is 0 Å². The molecule has 292 valence electrons. The van der Waals surface area contributed by atoms with Crippen LogP contribution < -0.4 is 0 Å². The molecule has 0 radical (unpaired) electrons. The topological polar surface area (TPSA) is 43.6 Å². The number of nitrogens with zero attached hydrogens (tertiary/aromatic N) is 4. The molecule has 0 atom stereocenters. The Labute approximate surface area is 368 Å². The molecular formula is C57H32N4S2. The fourth-order valence-corrected chi connectivity index (χ4v) is 12.5. The Morgan fingerprint density at radius 2 is 0.984 bits per heavy atom. The number of thiophene rings is 2. The lowest BCUT2D eigenvalue weighted by Crippen LogP contribution is -2.01. The van der Waals surface area contributed by atoms with Gasteiger partial charge in [0.2, 0.25) is 0 Å². The van der Waals surface area contributed by atoms with E-state index >= 15 is 0 Å². The fourth-order valence-electron chi connectivity index (χ4n) is 9.96. The van der Waals surface area contributed by atoms with Gasteiger partial charge in [0.15, 0.2) is 17.5 Å². The van der Waals surface area contributed by atoms with Crippen LogP contribution in [0.3, 0.4) is 0 Å². The molecule has 0 aliphatic carbocycles. The van der Waals surface area contributed by atoms with E-state index in [9.17, 15) is 0 Å². The third-order valence-electron chi connectivity index (χ3n) is 12.8. The van der Waals surface area contributed by atoms with Gasteiger partial charge in [-0.15, -0.1) is 22.7 Å². The van der Waals surface area contributed by atoms with Crippen LogP contribution in [0.2, 0.25) is 0 Å². The summed E-state index contributed by atoms with van der Waals surface area (Å²) in [6.45, 7) is 0. The molecule has 0 saturated heterocycles. The Kier molecular flexibility index (Phi) is 7.40. The molecule has 0 aliphatic heterocycles. The molecule has 0 amide bonds. The van der Waals surface area contributed by atoms with Crippen molar-refractivity contribution in [1.82, 2.24) is 19.5 Å². The molecule has 4 heterocycles. The van der Waals surface area contributed by atoms with Gasteiger partial charge < -0.3 is 4.57 Å². The third kappa shape index (κ3) is 5.17. The molecule has 6 heteroatoms. The molecule has 63 heavy (non-hydrogen) atoms. The number of hydrogen-bond acceptors (Lipinski definition) is 5. The normalized spacial score (nSPS) is 12.1. The van der Waals surface area contributed by atoms with Gasteiger partial charge >= 0.3 is 0 Å². The quantitative estimate of drug-likeness (QED) is 0.177. The zero-order valence-electron chi connectivity index (χ0n) is 33.6. The van der Waals surface area contributed by atoms with Gasteiger partial charge in [-0.05, 0) is 63.3 Å². The molecule has 0 spiro atoms. The Hall–Kier alpha value is -7.77. The van der Waals surface area contributed by atoms with Crippen molar-refractivity contribution in [2.75, 3.05) is 0 Å². The van der Waals surface area contributed by atoms with Crippen LogP contribution in [0.25, 0.3) is 134 Å². The maximum absolute atomic E-state index is 5.47. The first-order chi connectivity index (χ1) is 31.2. The molecule has 0 saturated carbocycles. The van der Waals surface area contributed by atoms with E-state index in [-0.39, 0.29) is 0 Å². The van der Waals surface area contributed by atoms with E-state index in [0.29, 0.717) is 17.5 Å². The first-order valence-electron chi connectivity index (χ1n) is 21.2. The predicted molar refractivity (Wildman–Crippen MR) is 269 cm³/mol. The maximum Gasteiger partial charge on any atom is 0.165 e. The highest BCUT2D eigenvalue weighted by molar-refractivity contribution is 7.27. The van der Waals surface area contributed by atoms with Crippen LogP contribution >= 0.6 is 22.7 Å². The number of aromatic nitrogens is 4. The highest BCUT2D eigenvalue weighted by Gasteiger charge is 2.24. The first-order valence-corrected chi connectivity index (χ1v) is 22.8. The molecule has 0 fully saturated rings. The van der Waals surface area contributed by atoms with Crippen molar-refractivity contribution in [2.45, 2.75) is 0 Å². The van der Waals surface area contributed by atoms with Gasteiger partial charge in [-0.2, -0.15) is 0 Å². The van der Waals surface area contributed by atoms with Gasteiger partial charge in [-0.1, -0.05) is 158 Å². The van der Waals surface area contributed by atoms with Crippen molar-refractivity contribution in [3.05, 3.63) is 194 Å². The van der Waals surface area contributed by atoms with Crippen LogP contribution in [0.4, 0.5) is 0 Å². The largest absolute Gasteiger partial charge is 0.308 e. The molecule has 10 aromatic carbocycles. The lowest BCUT2D eigenvalue weighted by atomic mass is 10.0. The van der Waals surface area contributed by atoms with Crippen molar-refractivity contribution in [2.24, 2.45) is 0 Å². The molecule has 0 aliphatic rings. The summed E-state index contributed by atoms with van der Waals surface area (Å²) in [5, 5.41) is 14.6. The van der Waals surface area contributed by atoms with Crippen LogP contribution in [0.15, 0.2) is 194 Å². The highest BCUT2D eigenvalue weighted by atomic mass is 32.1. The lowest BCUT2D eigenvalue weighted by Gasteiger charge is -2.15. The van der Waals surface area contributed by atoms with Crippen LogP contribution in [0.1, 0.15) is 0 Å². The summed E-state index contributed by atoms with van der Waals surface area (Å²) >= 11 is 3.65. The van der Waals surface area contributed by atoms with Crippen LogP contribution in [-0.4, -0.2) is 19.5 Å². The predicted octanol–water partition coefficient (Wildman–Crippen LogP) is 16.2. The molecule has 0 unspecified atom stereocenters. The number of hydrogen-bond donors (Lipinski definition) is 0. The number of rotatable bonds is 4. The molecule has 14 rings (SSSR count). The minimum Gasteiger partial charge on any atom is -0.308 e. The minimum absolute atomic E-state index is 0.650. The molecule has 0 bridgehead atoms. The molecule has 4 nitrogen and oxygen atoms in total. The average Bonchev–Trinajstić information content (AvgIpc) is 4.03. The van der Waals surface area contributed by atoms with Gasteiger partial charge in [0, 0.05) is 73.2 Å². The van der Waals surface area contributed by atoms with Crippen LogP contribution in [0.5, 0.6) is 0 Å². The van der Waals surface area contributed by atoms with Crippen LogP contribution in [-0.2, 0) is 0 Å². The van der Waals surface area contributed by atoms with E-state index < -0.39 is 0 Å². The van der Waals surface area contributed by atoms with Crippen LogP contribution in [0, 0.1) is 0 Å². The van der Waals surface area contributed by atoms with E-state index in [1.165, 1.54) is 89.8 Å². The molecule has 4 aromatic heterocycles. The summed E-state index contributed by atoms with van der Waals surface area (Å²) in [7, 11) is 0. The molecule has 0 N–H and O–H groups in total. The monoisotopic (exact) mass is 836 g/mol. The van der Waals surface area contributed by atoms with E-state index in [1.807, 2.05) is 40.9 Å². The van der Waals surface area contributed by atoms with Crippen molar-refractivity contribution in [3.8, 4) is 39.9 Å². The van der Waals surface area contributed by atoms with Gasteiger partial charge in [-0.25, -0.2) is 15.0 Å². The summed E-state index contributed by atoms with van der Waals surface area (Å²) in [5.74, 6) is 1.97. The summed E-state index contributed by atoms with van der Waals surface area (Å²) in [6, 6.07) is 70.2. The maximum atomic E-state index is 5.47. The van der Waals surface area contributed by atoms with Gasteiger partial charge in [0.05, 0.1) is 16.7 Å². The summed E-state index contributed by atoms with van der Waals surface area (Å²) < 4.78 is 7.39. The second-order valence-corrected chi connectivity index (χ2v) is 18.4. The zero-order valence-corrected chi connectivity index (χ0v) is 35.2. The lowest BCUT2D eigenvalue weighted by molar-refractivity contribution is 1.08. The smallest absolute Gasteiger partial charge is 0.165 e. The highest BCUT2D eigenvalue weighted by Crippen LogP contribution is 2.48. The Morgan fingerprint density at radius 1 is 0.349 bits per heavy atom. The van der Waals surface area contributed by atoms with E-state index in [0.717, 1.165) is 27.1 Å². The first kappa shape index (κ1) is 34.9. The van der Waals surface area contributed by atoms with Gasteiger partial charge in [-0.3, -0.25) is 0 Å². The number of fused-ring (bicyclic) bond motifs is 14. The van der Waals surface area contributed by atoms with Crippen molar-refractivity contribution < 1.29 is 0 Å². The summed E-state index contributed by atoms with van der Waals surface area (Å²) in [5.41, 5.74) is 6.46. The minimum atomic E-state index is 0.650. The average molecular weight is 837 g/mol. The second kappa shape index (κ2) is 13.4. The molecular weight excluding hydrogens is 805 g/mol. The Morgan fingerprint density at radius 3 is 1.81 bits per heavy atom. The fraction of sp³-hybridized carbons (Fsp3) is 0. The third-order valence-corrected chi connectivity index (χ3v) is 15.2. The van der Waals surface area contributed by atoms with Gasteiger partial charge in [0.1, 0.15) is 0 Å². The van der Waals surface area contributed by atoms with E-state index in [2.05, 4.69) is 180 Å². The zero-order chi connectivity index (χ0) is 41.2. The summed E-state index contributed by atoms with van der Waals surface area (Å²) in [6.07, 6.45) is 0. The SMILES string of the molecule is c1ccc(-c2nc(-c3ccc(-n4c5cc6ccccc6cc5c5ccc6ccccc6c54)c4c3sc3c5ccccc5ccc34)nc(-c3cccc4sc5ccccc5c34)n2)cc1. The van der Waals surface area contributed by atoms with Gasteiger partial charge in [0.25, 0.3) is 0 Å². The van der Waals surface area contributed by atoms with Crippen molar-refractivity contribution in [1.29, 1.82) is 0 Å². The second-order valence-electron chi connectivity index (χ2n) is 16.3.